The molecule has 0 N–H and O–H groups in total. The Morgan fingerprint density at radius 1 is 1.31 bits per heavy atom. The normalized spacial score (nSPS) is 28.1. The van der Waals surface area contributed by atoms with E-state index in [1.807, 2.05) is 3.28 Å². The van der Waals surface area contributed by atoms with Crippen LogP contribution in [0, 0.1) is 0 Å². The summed E-state index contributed by atoms with van der Waals surface area (Å²) < 4.78 is 4.39. The summed E-state index contributed by atoms with van der Waals surface area (Å²) in [6.07, 6.45) is 8.26. The van der Waals surface area contributed by atoms with Gasteiger partial charge in [0, 0.05) is 0 Å². The average molecular weight is 458 g/mol. The molecule has 0 radical (unpaired) electrons. The summed E-state index contributed by atoms with van der Waals surface area (Å²) in [4.78, 5) is 0. The van der Waals surface area contributed by atoms with Gasteiger partial charge in [-0.15, -0.1) is 0 Å². The van der Waals surface area contributed by atoms with Gasteiger partial charge < -0.3 is 24.8 Å². The molecule has 0 aromatic rings. The maximum absolute atomic E-state index is 2.57. The summed E-state index contributed by atoms with van der Waals surface area (Å²) in [6, 6.07) is 0. The molecule has 0 bridgehead atoms. The van der Waals surface area contributed by atoms with Crippen LogP contribution in [0.1, 0.15) is 27.2 Å². The molecule has 16 heavy (non-hydrogen) atoms. The van der Waals surface area contributed by atoms with Crippen LogP contribution in [0.2, 0.25) is 1.91 Å². The van der Waals surface area contributed by atoms with Gasteiger partial charge >= 0.3 is 110 Å². The molecular weight excluding hydrogens is 444 g/mol. The van der Waals surface area contributed by atoms with Crippen LogP contribution in [-0.2, 0) is 23.2 Å². The zero-order valence-corrected chi connectivity index (χ0v) is 17.3. The molecule has 0 fully saturated rings. The Hall–Kier alpha value is 1.80. The minimum absolute atomic E-state index is 0. The average Bonchev–Trinajstić information content (AvgIpc) is 2.72. The Balaban J connectivity index is 0.00000112. The SMILES string of the molecule is CC1=C(C)[C](C)([Zr+2][C]2=CC=CC2)[As]=[As]1.[Cl-].[Cl-]. The van der Waals surface area contributed by atoms with Gasteiger partial charge in [0.15, 0.2) is 0 Å². The smallest absolute Gasteiger partial charge is 1.00 e. The number of allylic oxidation sites excluding steroid dienone is 6. The van der Waals surface area contributed by atoms with Crippen LogP contribution in [0.25, 0.3) is 0 Å². The molecule has 1 atom stereocenters. The van der Waals surface area contributed by atoms with E-state index in [0.29, 0.717) is 26.3 Å². The Morgan fingerprint density at radius 3 is 2.44 bits per heavy atom. The summed E-state index contributed by atoms with van der Waals surface area (Å²) in [5, 5.41) is 0. The number of rotatable bonds is 2. The first-order valence-electron chi connectivity index (χ1n) is 4.86. The molecule has 0 spiro atoms. The Morgan fingerprint density at radius 2 is 2.00 bits per heavy atom. The summed E-state index contributed by atoms with van der Waals surface area (Å²) >= 11 is 0.999. The van der Waals surface area contributed by atoms with E-state index in [-0.39, 0.29) is 48.0 Å². The van der Waals surface area contributed by atoms with Crippen molar-refractivity contribution in [3.63, 3.8) is 0 Å². The molecule has 1 unspecified atom stereocenters. The number of hydrogen-bond acceptors (Lipinski definition) is 0. The van der Waals surface area contributed by atoms with Crippen molar-refractivity contribution in [1.82, 2.24) is 0 Å². The molecule has 5 heteroatoms. The van der Waals surface area contributed by atoms with E-state index in [1.54, 1.807) is 9.93 Å². The minimum Gasteiger partial charge on any atom is -1.00 e. The van der Waals surface area contributed by atoms with Gasteiger partial charge in [0.05, 0.1) is 0 Å². The third-order valence-electron chi connectivity index (χ3n) is 2.85. The first kappa shape index (κ1) is 17.8. The van der Waals surface area contributed by atoms with Crippen molar-refractivity contribution in [2.75, 3.05) is 0 Å². The third kappa shape index (κ3) is 3.90. The molecule has 1 aliphatic heterocycles. The standard InChI is InChI=1S/C6H9As2.C5H5.2ClH.Zr/c1-4-5(2)7-8-6(4)3;1-2-4-5-3-1;;;/h1-3H3;1-3H,4H2;2*1H;/q;;;;+2/p-2. The van der Waals surface area contributed by atoms with Gasteiger partial charge in [-0.2, -0.15) is 0 Å². The second kappa shape index (κ2) is 7.40. The maximum Gasteiger partial charge on any atom is -1.00 e. The molecule has 0 saturated carbocycles. The molecule has 0 amide bonds. The first-order valence-corrected chi connectivity index (χ1v) is 14.4. The van der Waals surface area contributed by atoms with Gasteiger partial charge in [0.2, 0.25) is 0 Å². The van der Waals surface area contributed by atoms with Crippen molar-refractivity contribution in [3.05, 3.63) is 31.4 Å². The summed E-state index contributed by atoms with van der Waals surface area (Å²) in [5.41, 5.74) is 1.80. The second-order valence-corrected chi connectivity index (χ2v) is 19.3. The predicted molar refractivity (Wildman–Crippen MR) is 60.1 cm³/mol. The first-order chi connectivity index (χ1) is 6.62. The van der Waals surface area contributed by atoms with E-state index in [1.165, 1.54) is 6.42 Å². The topological polar surface area (TPSA) is 0 Å². The van der Waals surface area contributed by atoms with Crippen molar-refractivity contribution in [2.45, 2.75) is 29.1 Å². The summed E-state index contributed by atoms with van der Waals surface area (Å²) in [7, 11) is 0. The summed E-state index contributed by atoms with van der Waals surface area (Å²) in [6.45, 7) is 7.37. The second-order valence-electron chi connectivity index (χ2n) is 3.93. The monoisotopic (exact) mass is 456 g/mol. The quantitative estimate of drug-likeness (QED) is 0.381. The Labute approximate surface area is 133 Å². The molecule has 0 aromatic carbocycles. The predicted octanol–water partition coefficient (Wildman–Crippen LogP) is -3.31. The van der Waals surface area contributed by atoms with E-state index >= 15 is 0 Å². The minimum atomic E-state index is -0.305. The fourth-order valence-corrected chi connectivity index (χ4v) is 24.4. The van der Waals surface area contributed by atoms with Crippen molar-refractivity contribution >= 4 is 26.3 Å². The molecule has 1 aliphatic carbocycles. The molecule has 0 aromatic heterocycles. The van der Waals surface area contributed by atoms with E-state index in [9.17, 15) is 0 Å². The molecule has 2 aliphatic rings. The van der Waals surface area contributed by atoms with Crippen LogP contribution in [0.5, 0.6) is 0 Å². The molecule has 86 valence electrons. The van der Waals surface area contributed by atoms with Gasteiger partial charge in [-0.25, -0.2) is 0 Å². The van der Waals surface area contributed by atoms with Crippen LogP contribution in [-0.4, -0.2) is 26.3 Å². The fraction of sp³-hybridized carbons (Fsp3) is 0.455. The van der Waals surface area contributed by atoms with Crippen molar-refractivity contribution in [1.29, 1.82) is 0 Å². The molecular formula is C11H14As2Cl2Zr. The zero-order chi connectivity index (χ0) is 10.2. The molecule has 0 nitrogen and oxygen atoms in total. The van der Waals surface area contributed by atoms with Gasteiger partial charge in [-0.3, -0.25) is 0 Å². The largest absolute Gasteiger partial charge is 1.00 e. The van der Waals surface area contributed by atoms with Crippen molar-refractivity contribution in [3.8, 4) is 0 Å². The van der Waals surface area contributed by atoms with Gasteiger partial charge in [-0.1, -0.05) is 0 Å². The molecule has 1 heterocycles. The zero-order valence-electron chi connectivity index (χ0n) is 9.59. The van der Waals surface area contributed by atoms with Crippen LogP contribution < -0.4 is 24.8 Å². The maximum atomic E-state index is 2.57. The van der Waals surface area contributed by atoms with Gasteiger partial charge in [0.1, 0.15) is 0 Å². The van der Waals surface area contributed by atoms with Crippen LogP contribution in [0.15, 0.2) is 31.4 Å². The van der Waals surface area contributed by atoms with Crippen LogP contribution in [0.3, 0.4) is 0 Å². The van der Waals surface area contributed by atoms with Crippen LogP contribution in [0.4, 0.5) is 0 Å². The van der Waals surface area contributed by atoms with Gasteiger partial charge in [-0.05, 0) is 0 Å². The Bertz CT molecular complexity index is 385. The van der Waals surface area contributed by atoms with Gasteiger partial charge in [0.25, 0.3) is 0 Å². The fourth-order valence-electron chi connectivity index (χ4n) is 1.65. The summed E-state index contributed by atoms with van der Waals surface area (Å²) in [5.74, 6) is 0. The van der Waals surface area contributed by atoms with E-state index in [4.69, 9.17) is 0 Å². The Kier molecular flexibility index (Phi) is 8.24. The van der Waals surface area contributed by atoms with E-state index in [2.05, 4.69) is 39.0 Å². The molecule has 2 rings (SSSR count). The number of hydrogen-bond donors (Lipinski definition) is 0. The molecule has 0 saturated heterocycles. The van der Waals surface area contributed by atoms with E-state index < -0.39 is 0 Å². The number of halogens is 2. The third-order valence-corrected chi connectivity index (χ3v) is 26.5. The van der Waals surface area contributed by atoms with Crippen molar-refractivity contribution < 1.29 is 48.0 Å². The van der Waals surface area contributed by atoms with Crippen molar-refractivity contribution in [2.24, 2.45) is 0 Å². The van der Waals surface area contributed by atoms with Crippen LogP contribution >= 0.6 is 0 Å². The van der Waals surface area contributed by atoms with E-state index in [0.717, 1.165) is 1.91 Å².